The van der Waals surface area contributed by atoms with E-state index in [0.29, 0.717) is 6.42 Å². The molecule has 1 amide bonds. The summed E-state index contributed by atoms with van der Waals surface area (Å²) >= 11 is 0. The normalized spacial score (nSPS) is 16.3. The maximum atomic E-state index is 13.6. The van der Waals surface area contributed by atoms with Crippen LogP contribution in [0, 0.1) is 0 Å². The molecule has 5 heteroatoms. The highest BCUT2D eigenvalue weighted by Gasteiger charge is 2.53. The number of fused-ring (bicyclic) bond motifs is 4. The second kappa shape index (κ2) is 8.64. The van der Waals surface area contributed by atoms with Crippen LogP contribution < -0.4 is 0 Å². The molecule has 174 valence electrons. The molecule has 2 aliphatic rings. The lowest BCUT2D eigenvalue weighted by atomic mass is 9.91. The summed E-state index contributed by atoms with van der Waals surface area (Å²) in [4.78, 5) is 27.8. The molecule has 0 bridgehead atoms. The van der Waals surface area contributed by atoms with Gasteiger partial charge >= 0.3 is 12.1 Å². The van der Waals surface area contributed by atoms with Crippen LogP contribution in [0.2, 0.25) is 0 Å². The van der Waals surface area contributed by atoms with E-state index in [1.165, 1.54) is 4.90 Å². The molecule has 2 aliphatic carbocycles. The number of hydrogen-bond acceptors (Lipinski definition) is 3. The van der Waals surface area contributed by atoms with Gasteiger partial charge in [-0.05, 0) is 46.7 Å². The largest absolute Gasteiger partial charge is 0.479 e. The Kier molecular flexibility index (Phi) is 5.64. The number of rotatable bonds is 6. The van der Waals surface area contributed by atoms with Crippen LogP contribution in [0.15, 0.2) is 72.8 Å². The van der Waals surface area contributed by atoms with E-state index in [0.717, 1.165) is 33.4 Å². The van der Waals surface area contributed by atoms with Gasteiger partial charge in [0.1, 0.15) is 6.61 Å². The van der Waals surface area contributed by atoms with Crippen LogP contribution in [0.25, 0.3) is 11.1 Å². The Bertz CT molecular complexity index is 1180. The molecular formula is C29H29NO4. The minimum Gasteiger partial charge on any atom is -0.479 e. The van der Waals surface area contributed by atoms with Crippen LogP contribution in [0.4, 0.5) is 4.79 Å². The fraction of sp³-hybridized carbons (Fsp3) is 0.310. The number of amides is 1. The maximum Gasteiger partial charge on any atom is 0.411 e. The maximum absolute atomic E-state index is 13.6. The molecule has 0 saturated carbocycles. The third-order valence-electron chi connectivity index (χ3n) is 7.51. The Labute approximate surface area is 200 Å². The Balaban J connectivity index is 1.44. The van der Waals surface area contributed by atoms with E-state index in [9.17, 15) is 14.7 Å². The molecule has 0 radical (unpaired) electrons. The fourth-order valence-electron chi connectivity index (χ4n) is 5.64. The summed E-state index contributed by atoms with van der Waals surface area (Å²) in [7, 11) is 0. The van der Waals surface area contributed by atoms with E-state index in [1.54, 1.807) is 0 Å². The summed E-state index contributed by atoms with van der Waals surface area (Å²) in [6.45, 7) is 4.03. The number of carbonyl (C=O) groups is 2. The lowest BCUT2D eigenvalue weighted by molar-refractivity contribution is -0.151. The summed E-state index contributed by atoms with van der Waals surface area (Å²) in [6.07, 6.45) is 0.641. The van der Waals surface area contributed by atoms with Gasteiger partial charge in [-0.15, -0.1) is 0 Å². The highest BCUT2D eigenvalue weighted by Crippen LogP contribution is 2.45. The first-order chi connectivity index (χ1) is 16.5. The first kappa shape index (κ1) is 22.2. The highest BCUT2D eigenvalue weighted by atomic mass is 16.6. The summed E-state index contributed by atoms with van der Waals surface area (Å²) in [5, 5.41) is 10.4. The Morgan fingerprint density at radius 2 is 1.44 bits per heavy atom. The van der Waals surface area contributed by atoms with E-state index in [2.05, 4.69) is 24.3 Å². The Morgan fingerprint density at radius 3 is 1.94 bits per heavy atom. The Morgan fingerprint density at radius 1 is 0.941 bits per heavy atom. The van der Waals surface area contributed by atoms with Gasteiger partial charge in [0, 0.05) is 24.8 Å². The quantitative estimate of drug-likeness (QED) is 0.521. The van der Waals surface area contributed by atoms with Gasteiger partial charge in [0.2, 0.25) is 0 Å². The SMILES string of the molecule is CCC(C)N(C(=O)OCC1c2ccccc2-c2ccccc21)C1(C(=O)O)Cc2ccccc2C1. The van der Waals surface area contributed by atoms with E-state index in [-0.39, 0.29) is 31.4 Å². The van der Waals surface area contributed by atoms with Crippen LogP contribution in [0.5, 0.6) is 0 Å². The van der Waals surface area contributed by atoms with Crippen molar-refractivity contribution >= 4 is 12.1 Å². The van der Waals surface area contributed by atoms with E-state index in [1.807, 2.05) is 62.4 Å². The molecule has 5 rings (SSSR count). The molecule has 1 unspecified atom stereocenters. The predicted octanol–water partition coefficient (Wildman–Crippen LogP) is 5.66. The molecule has 3 aromatic carbocycles. The van der Waals surface area contributed by atoms with Gasteiger partial charge in [0.15, 0.2) is 5.54 Å². The van der Waals surface area contributed by atoms with Crippen LogP contribution in [-0.2, 0) is 22.4 Å². The smallest absolute Gasteiger partial charge is 0.411 e. The number of carbonyl (C=O) groups excluding carboxylic acids is 1. The zero-order valence-electron chi connectivity index (χ0n) is 19.5. The van der Waals surface area contributed by atoms with Crippen LogP contribution in [-0.4, -0.2) is 40.3 Å². The number of carboxylic acid groups (broad SMARTS) is 1. The van der Waals surface area contributed by atoms with Gasteiger partial charge in [-0.25, -0.2) is 9.59 Å². The molecule has 34 heavy (non-hydrogen) atoms. The molecule has 3 aromatic rings. The van der Waals surface area contributed by atoms with Crippen LogP contribution in [0.3, 0.4) is 0 Å². The molecule has 5 nitrogen and oxygen atoms in total. The summed E-state index contributed by atoms with van der Waals surface area (Å²) in [6, 6.07) is 23.8. The first-order valence-electron chi connectivity index (χ1n) is 11.9. The van der Waals surface area contributed by atoms with Gasteiger partial charge in [-0.3, -0.25) is 4.90 Å². The number of benzene rings is 3. The van der Waals surface area contributed by atoms with Crippen molar-refractivity contribution in [1.82, 2.24) is 4.90 Å². The van der Waals surface area contributed by atoms with Gasteiger partial charge in [0.25, 0.3) is 0 Å². The molecule has 0 spiro atoms. The van der Waals surface area contributed by atoms with Crippen molar-refractivity contribution < 1.29 is 19.4 Å². The lowest BCUT2D eigenvalue weighted by Gasteiger charge is -2.41. The van der Waals surface area contributed by atoms with Gasteiger partial charge in [-0.1, -0.05) is 79.7 Å². The van der Waals surface area contributed by atoms with E-state index >= 15 is 0 Å². The standard InChI is InChI=1S/C29H29NO4/c1-3-19(2)30(29(27(31)32)16-20-10-4-5-11-21(20)17-29)28(33)34-18-26-24-14-8-6-12-22(24)23-13-7-9-15-25(23)26/h4-15,19,26H,3,16-18H2,1-2H3,(H,31,32). The molecule has 0 aliphatic heterocycles. The number of carboxylic acids is 1. The minimum atomic E-state index is -1.35. The predicted molar refractivity (Wildman–Crippen MR) is 131 cm³/mol. The first-order valence-corrected chi connectivity index (χ1v) is 11.9. The minimum absolute atomic E-state index is 0.0725. The molecule has 0 fully saturated rings. The zero-order chi connectivity index (χ0) is 23.9. The van der Waals surface area contributed by atoms with Crippen molar-refractivity contribution in [3.8, 4) is 11.1 Å². The summed E-state index contributed by atoms with van der Waals surface area (Å²) in [5.41, 5.74) is 5.19. The van der Waals surface area contributed by atoms with Crippen molar-refractivity contribution in [2.75, 3.05) is 6.61 Å². The van der Waals surface area contributed by atoms with Crippen molar-refractivity contribution in [3.63, 3.8) is 0 Å². The highest BCUT2D eigenvalue weighted by molar-refractivity contribution is 5.87. The van der Waals surface area contributed by atoms with E-state index in [4.69, 9.17) is 4.74 Å². The molecule has 0 aromatic heterocycles. The number of nitrogens with zero attached hydrogens (tertiary/aromatic N) is 1. The molecule has 1 atom stereocenters. The second-order valence-electron chi connectivity index (χ2n) is 9.39. The second-order valence-corrected chi connectivity index (χ2v) is 9.39. The van der Waals surface area contributed by atoms with E-state index < -0.39 is 17.6 Å². The average Bonchev–Trinajstić information content (AvgIpc) is 3.39. The van der Waals surface area contributed by atoms with Crippen LogP contribution in [0.1, 0.15) is 48.4 Å². The molecule has 1 N–H and O–H groups in total. The Hall–Kier alpha value is -3.60. The van der Waals surface area contributed by atoms with Crippen molar-refractivity contribution in [2.24, 2.45) is 0 Å². The number of ether oxygens (including phenoxy) is 1. The average molecular weight is 456 g/mol. The van der Waals surface area contributed by atoms with Crippen LogP contribution >= 0.6 is 0 Å². The molecule has 0 heterocycles. The lowest BCUT2D eigenvalue weighted by Crippen LogP contribution is -2.61. The van der Waals surface area contributed by atoms with Crippen molar-refractivity contribution in [2.45, 2.75) is 50.6 Å². The summed E-state index contributed by atoms with van der Waals surface area (Å²) in [5.74, 6) is -1.06. The molecule has 0 saturated heterocycles. The molecular weight excluding hydrogens is 426 g/mol. The monoisotopic (exact) mass is 455 g/mol. The third-order valence-corrected chi connectivity index (χ3v) is 7.51. The summed E-state index contributed by atoms with van der Waals surface area (Å²) < 4.78 is 5.93. The van der Waals surface area contributed by atoms with Gasteiger partial charge in [0.05, 0.1) is 0 Å². The number of hydrogen-bond donors (Lipinski definition) is 1. The van der Waals surface area contributed by atoms with Crippen molar-refractivity contribution in [1.29, 1.82) is 0 Å². The van der Waals surface area contributed by atoms with Crippen molar-refractivity contribution in [3.05, 3.63) is 95.1 Å². The van der Waals surface area contributed by atoms with Gasteiger partial charge in [-0.2, -0.15) is 0 Å². The fourth-order valence-corrected chi connectivity index (χ4v) is 5.64. The topological polar surface area (TPSA) is 66.8 Å². The number of aliphatic carboxylic acids is 1. The zero-order valence-corrected chi connectivity index (χ0v) is 19.5. The third kappa shape index (κ3) is 3.47. The van der Waals surface area contributed by atoms with Gasteiger partial charge < -0.3 is 9.84 Å².